The first-order valence-electron chi connectivity index (χ1n) is 12.5. The Labute approximate surface area is 234 Å². The fourth-order valence-corrected chi connectivity index (χ4v) is 4.63. The minimum Gasteiger partial charge on any atom is -0.497 e. The minimum absolute atomic E-state index is 0.0612. The lowest BCUT2D eigenvalue weighted by molar-refractivity contribution is -0.116. The summed E-state index contributed by atoms with van der Waals surface area (Å²) in [6.07, 6.45) is 1.05. The highest BCUT2D eigenvalue weighted by atomic mass is 32.2. The van der Waals surface area contributed by atoms with Crippen molar-refractivity contribution >= 4 is 56.5 Å². The van der Waals surface area contributed by atoms with E-state index in [0.29, 0.717) is 46.7 Å². The molecule has 0 saturated heterocycles. The van der Waals surface area contributed by atoms with Crippen LogP contribution in [0.4, 0.5) is 28.7 Å². The predicted molar refractivity (Wildman–Crippen MR) is 158 cm³/mol. The number of hydrogen-bond donors (Lipinski definition) is 3. The second kappa shape index (κ2) is 13.1. The van der Waals surface area contributed by atoms with Crippen molar-refractivity contribution in [2.75, 3.05) is 49.8 Å². The first kappa shape index (κ1) is 28.6. The third-order valence-corrected chi connectivity index (χ3v) is 6.66. The molecule has 3 aromatic carbocycles. The Morgan fingerprint density at radius 2 is 1.55 bits per heavy atom. The van der Waals surface area contributed by atoms with Gasteiger partial charge in [-0.2, -0.15) is 0 Å². The van der Waals surface area contributed by atoms with Gasteiger partial charge in [0.15, 0.2) is 11.6 Å². The lowest BCUT2D eigenvalue weighted by Crippen LogP contribution is -2.19. The van der Waals surface area contributed by atoms with Crippen LogP contribution in [0, 0.1) is 0 Å². The Morgan fingerprint density at radius 1 is 0.875 bits per heavy atom. The second-order valence-electron chi connectivity index (χ2n) is 9.17. The Balaban J connectivity index is 1.74. The number of carbonyl (C=O) groups excluding carboxylic acids is 1. The lowest BCUT2D eigenvalue weighted by atomic mass is 10.2. The highest BCUT2D eigenvalue weighted by molar-refractivity contribution is 7.74. The SMILES string of the molecule is COc1cc(Nc2nc3ccccc3nc2N(c2cccc(NC(=O)CCCN(C)C)c2)[SH](=O)=O)cc(OC)c1. The summed E-state index contributed by atoms with van der Waals surface area (Å²) < 4.78 is 37.2. The van der Waals surface area contributed by atoms with Crippen LogP contribution in [0.15, 0.2) is 66.7 Å². The number of ether oxygens (including phenoxy) is 2. The Morgan fingerprint density at radius 3 is 2.17 bits per heavy atom. The number of amides is 1. The van der Waals surface area contributed by atoms with Crippen molar-refractivity contribution in [1.82, 2.24) is 14.9 Å². The van der Waals surface area contributed by atoms with Gasteiger partial charge in [-0.25, -0.2) is 22.7 Å². The number of nitrogens with zero attached hydrogens (tertiary/aromatic N) is 4. The molecule has 0 bridgehead atoms. The molecule has 0 spiro atoms. The maximum absolute atomic E-state index is 12.7. The van der Waals surface area contributed by atoms with Gasteiger partial charge < -0.3 is 25.0 Å². The molecule has 12 heteroatoms. The highest BCUT2D eigenvalue weighted by Gasteiger charge is 2.21. The molecule has 0 aliphatic heterocycles. The number of rotatable bonds is 12. The average Bonchev–Trinajstić information content (AvgIpc) is 2.93. The monoisotopic (exact) mass is 564 g/mol. The molecular weight excluding hydrogens is 532 g/mol. The number of aromatic nitrogens is 2. The molecule has 40 heavy (non-hydrogen) atoms. The number of hydrogen-bond acceptors (Lipinski definition) is 9. The van der Waals surface area contributed by atoms with Crippen LogP contribution in [0.3, 0.4) is 0 Å². The van der Waals surface area contributed by atoms with Gasteiger partial charge in [0.1, 0.15) is 11.5 Å². The van der Waals surface area contributed by atoms with E-state index in [1.807, 2.05) is 25.1 Å². The topological polar surface area (TPSA) is 126 Å². The van der Waals surface area contributed by atoms with E-state index in [9.17, 15) is 13.2 Å². The van der Waals surface area contributed by atoms with Gasteiger partial charge >= 0.3 is 0 Å². The van der Waals surface area contributed by atoms with E-state index < -0.39 is 10.9 Å². The van der Waals surface area contributed by atoms with Crippen molar-refractivity contribution in [3.63, 3.8) is 0 Å². The van der Waals surface area contributed by atoms with E-state index in [1.165, 1.54) is 14.2 Å². The first-order chi connectivity index (χ1) is 19.3. The highest BCUT2D eigenvalue weighted by Crippen LogP contribution is 2.35. The van der Waals surface area contributed by atoms with Crippen LogP contribution in [-0.2, 0) is 15.7 Å². The van der Waals surface area contributed by atoms with Crippen LogP contribution in [0.2, 0.25) is 0 Å². The van der Waals surface area contributed by atoms with Crippen LogP contribution in [0.5, 0.6) is 11.5 Å². The number of methoxy groups -OCH3 is 2. The molecule has 0 aliphatic rings. The third kappa shape index (κ3) is 7.16. The zero-order chi connectivity index (χ0) is 28.6. The number of carbonyl (C=O) groups is 1. The van der Waals surface area contributed by atoms with Gasteiger partial charge in [0.2, 0.25) is 16.8 Å². The second-order valence-corrected chi connectivity index (χ2v) is 10.0. The summed E-state index contributed by atoms with van der Waals surface area (Å²) in [4.78, 5) is 23.8. The summed E-state index contributed by atoms with van der Waals surface area (Å²) in [5.74, 6) is 1.19. The molecule has 0 atom stereocenters. The molecule has 1 amide bonds. The van der Waals surface area contributed by atoms with E-state index >= 15 is 0 Å². The summed E-state index contributed by atoms with van der Waals surface area (Å²) >= 11 is 0. The van der Waals surface area contributed by atoms with Crippen molar-refractivity contribution in [3.05, 3.63) is 66.7 Å². The number of nitrogens with one attached hydrogen (secondary N) is 2. The number of anilines is 5. The average molecular weight is 565 g/mol. The maximum Gasteiger partial charge on any atom is 0.230 e. The van der Waals surface area contributed by atoms with Crippen molar-refractivity contribution in [2.24, 2.45) is 0 Å². The van der Waals surface area contributed by atoms with Gasteiger partial charge in [0, 0.05) is 36.0 Å². The lowest BCUT2D eigenvalue weighted by Gasteiger charge is -2.21. The Bertz CT molecular complexity index is 1550. The summed E-state index contributed by atoms with van der Waals surface area (Å²) in [7, 11) is 3.77. The molecule has 0 unspecified atom stereocenters. The van der Waals surface area contributed by atoms with Gasteiger partial charge in [-0.15, -0.1) is 0 Å². The van der Waals surface area contributed by atoms with Crippen LogP contribution < -0.4 is 24.4 Å². The largest absolute Gasteiger partial charge is 0.497 e. The van der Waals surface area contributed by atoms with E-state index in [4.69, 9.17) is 14.5 Å². The molecule has 0 radical (unpaired) electrons. The van der Waals surface area contributed by atoms with E-state index in [-0.39, 0.29) is 23.2 Å². The molecular formula is C28H32N6O5S. The van der Waals surface area contributed by atoms with Crippen molar-refractivity contribution in [3.8, 4) is 11.5 Å². The molecule has 210 valence electrons. The number of thiol groups is 1. The molecule has 0 aliphatic carbocycles. The number of para-hydroxylation sites is 2. The normalized spacial score (nSPS) is 11.1. The Hall–Kier alpha value is -4.42. The molecule has 1 heterocycles. The maximum atomic E-state index is 12.7. The zero-order valence-corrected chi connectivity index (χ0v) is 23.6. The van der Waals surface area contributed by atoms with Gasteiger partial charge in [-0.1, -0.05) is 18.2 Å². The van der Waals surface area contributed by atoms with Gasteiger partial charge in [0.05, 0.1) is 30.9 Å². The smallest absolute Gasteiger partial charge is 0.230 e. The van der Waals surface area contributed by atoms with Crippen molar-refractivity contribution in [2.45, 2.75) is 12.8 Å². The molecule has 1 aromatic heterocycles. The van der Waals surface area contributed by atoms with Gasteiger partial charge in [-0.3, -0.25) is 4.79 Å². The van der Waals surface area contributed by atoms with Crippen LogP contribution in [0.1, 0.15) is 12.8 Å². The van der Waals surface area contributed by atoms with Crippen LogP contribution >= 0.6 is 0 Å². The fraction of sp³-hybridized carbons (Fsp3) is 0.250. The van der Waals surface area contributed by atoms with E-state index in [2.05, 4.69) is 15.6 Å². The van der Waals surface area contributed by atoms with Gasteiger partial charge in [0.25, 0.3) is 0 Å². The first-order valence-corrected chi connectivity index (χ1v) is 13.7. The summed E-state index contributed by atoms with van der Waals surface area (Å²) in [5.41, 5.74) is 2.40. The fourth-order valence-electron chi connectivity index (χ4n) is 4.03. The Kier molecular flexibility index (Phi) is 9.35. The summed E-state index contributed by atoms with van der Waals surface area (Å²) in [6, 6.07) is 18.9. The number of fused-ring (bicyclic) bond motifs is 1. The quantitative estimate of drug-likeness (QED) is 0.216. The zero-order valence-electron chi connectivity index (χ0n) is 22.7. The van der Waals surface area contributed by atoms with Crippen molar-refractivity contribution < 1.29 is 22.7 Å². The molecule has 0 fully saturated rings. The summed E-state index contributed by atoms with van der Waals surface area (Å²) in [6.45, 7) is 0.785. The predicted octanol–water partition coefficient (Wildman–Crippen LogP) is 4.34. The minimum atomic E-state index is -3.21. The number of benzene rings is 3. The molecule has 0 saturated carbocycles. The molecule has 11 nitrogen and oxygen atoms in total. The van der Waals surface area contributed by atoms with Crippen molar-refractivity contribution in [1.29, 1.82) is 0 Å². The molecule has 4 aromatic rings. The van der Waals surface area contributed by atoms with E-state index in [1.54, 1.807) is 60.7 Å². The third-order valence-electron chi connectivity index (χ3n) is 5.91. The van der Waals surface area contributed by atoms with Crippen LogP contribution in [0.25, 0.3) is 11.0 Å². The van der Waals surface area contributed by atoms with Crippen LogP contribution in [-0.4, -0.2) is 64.1 Å². The summed E-state index contributed by atoms with van der Waals surface area (Å²) in [5, 5.41) is 6.03. The van der Waals surface area contributed by atoms with E-state index in [0.717, 1.165) is 10.8 Å². The standard InChI is InChI=1S/C28H32N6O5S/c1-33(2)14-8-13-26(35)29-19-9-7-10-21(15-19)34(40(36)37)28-27(31-24-11-5-6-12-25(24)32-28)30-20-16-22(38-3)18-23(17-20)39-4/h5-7,9-12,15-18,40H,8,13-14H2,1-4H3,(H,29,35)(H,30,31). The molecule has 2 N–H and O–H groups in total. The van der Waals surface area contributed by atoms with Gasteiger partial charge in [-0.05, 0) is 57.4 Å². The molecule has 4 rings (SSSR count).